The molecule has 0 fully saturated rings. The first-order valence-corrected chi connectivity index (χ1v) is 4.02. The SMILES string of the molecule is CC(C)n1cc(OCCO)cn1. The van der Waals surface area contributed by atoms with Gasteiger partial charge in [-0.25, -0.2) is 0 Å². The summed E-state index contributed by atoms with van der Waals surface area (Å²) in [6, 6.07) is 0.344. The molecule has 0 bridgehead atoms. The van der Waals surface area contributed by atoms with Crippen molar-refractivity contribution in [1.82, 2.24) is 9.78 Å². The molecule has 1 aromatic heterocycles. The average molecular weight is 170 g/mol. The number of ether oxygens (including phenoxy) is 1. The van der Waals surface area contributed by atoms with Crippen LogP contribution >= 0.6 is 0 Å². The van der Waals surface area contributed by atoms with E-state index in [0.717, 1.165) is 0 Å². The summed E-state index contributed by atoms with van der Waals surface area (Å²) in [5.74, 6) is 0.706. The van der Waals surface area contributed by atoms with E-state index in [2.05, 4.69) is 5.10 Å². The van der Waals surface area contributed by atoms with Gasteiger partial charge in [-0.1, -0.05) is 0 Å². The van der Waals surface area contributed by atoms with Gasteiger partial charge in [0.25, 0.3) is 0 Å². The van der Waals surface area contributed by atoms with Crippen molar-refractivity contribution >= 4 is 0 Å². The third-order valence-corrected chi connectivity index (χ3v) is 1.47. The molecule has 12 heavy (non-hydrogen) atoms. The van der Waals surface area contributed by atoms with E-state index in [9.17, 15) is 0 Å². The zero-order valence-corrected chi connectivity index (χ0v) is 7.40. The largest absolute Gasteiger partial charge is 0.488 e. The van der Waals surface area contributed by atoms with Crippen LogP contribution in [-0.4, -0.2) is 28.1 Å². The van der Waals surface area contributed by atoms with Crippen LogP contribution in [-0.2, 0) is 0 Å². The van der Waals surface area contributed by atoms with Crippen molar-refractivity contribution in [3.8, 4) is 5.75 Å². The van der Waals surface area contributed by atoms with Gasteiger partial charge in [0.15, 0.2) is 5.75 Å². The minimum Gasteiger partial charge on any atom is -0.488 e. The first-order valence-electron chi connectivity index (χ1n) is 4.02. The van der Waals surface area contributed by atoms with Gasteiger partial charge in [-0.3, -0.25) is 4.68 Å². The number of aliphatic hydroxyl groups is 1. The highest BCUT2D eigenvalue weighted by Crippen LogP contribution is 2.11. The van der Waals surface area contributed by atoms with Crippen LogP contribution in [0, 0.1) is 0 Å². The molecule has 0 aliphatic carbocycles. The number of rotatable bonds is 4. The number of nitrogens with zero attached hydrogens (tertiary/aromatic N) is 2. The maximum Gasteiger partial charge on any atom is 0.157 e. The Morgan fingerprint density at radius 2 is 2.42 bits per heavy atom. The second kappa shape index (κ2) is 4.11. The lowest BCUT2D eigenvalue weighted by atomic mass is 10.4. The molecular weight excluding hydrogens is 156 g/mol. The highest BCUT2D eigenvalue weighted by atomic mass is 16.5. The van der Waals surface area contributed by atoms with E-state index in [1.807, 2.05) is 24.7 Å². The summed E-state index contributed by atoms with van der Waals surface area (Å²) in [6.07, 6.45) is 3.47. The van der Waals surface area contributed by atoms with Gasteiger partial charge < -0.3 is 9.84 Å². The van der Waals surface area contributed by atoms with Gasteiger partial charge in [0.2, 0.25) is 0 Å². The van der Waals surface area contributed by atoms with Gasteiger partial charge in [0, 0.05) is 6.04 Å². The lowest BCUT2D eigenvalue weighted by Gasteiger charge is -2.03. The Morgan fingerprint density at radius 3 is 2.92 bits per heavy atom. The Hall–Kier alpha value is -1.03. The molecule has 0 amide bonds. The summed E-state index contributed by atoms with van der Waals surface area (Å²) in [5.41, 5.74) is 0. The highest BCUT2D eigenvalue weighted by Gasteiger charge is 2.01. The van der Waals surface area contributed by atoms with Gasteiger partial charge in [-0.2, -0.15) is 5.10 Å². The third-order valence-electron chi connectivity index (χ3n) is 1.47. The van der Waals surface area contributed by atoms with E-state index in [1.165, 1.54) is 0 Å². The van der Waals surface area contributed by atoms with Crippen molar-refractivity contribution in [1.29, 1.82) is 0 Å². The fraction of sp³-hybridized carbons (Fsp3) is 0.625. The molecule has 0 aliphatic heterocycles. The number of aliphatic hydroxyl groups excluding tert-OH is 1. The molecule has 1 heterocycles. The molecule has 68 valence electrons. The van der Waals surface area contributed by atoms with Gasteiger partial charge in [-0.05, 0) is 13.8 Å². The van der Waals surface area contributed by atoms with E-state index in [1.54, 1.807) is 6.20 Å². The van der Waals surface area contributed by atoms with Crippen LogP contribution in [0.3, 0.4) is 0 Å². The smallest absolute Gasteiger partial charge is 0.157 e. The van der Waals surface area contributed by atoms with Crippen molar-refractivity contribution in [2.45, 2.75) is 19.9 Å². The fourth-order valence-electron chi connectivity index (χ4n) is 0.841. The molecule has 0 aromatic carbocycles. The standard InChI is InChI=1S/C8H14N2O2/c1-7(2)10-6-8(5-9-10)12-4-3-11/h5-7,11H,3-4H2,1-2H3. The van der Waals surface area contributed by atoms with E-state index in [0.29, 0.717) is 18.4 Å². The quantitative estimate of drug-likeness (QED) is 0.728. The topological polar surface area (TPSA) is 47.3 Å². The number of hydrogen-bond acceptors (Lipinski definition) is 3. The van der Waals surface area contributed by atoms with Crippen LogP contribution < -0.4 is 4.74 Å². The van der Waals surface area contributed by atoms with Crippen LogP contribution in [0.4, 0.5) is 0 Å². The summed E-state index contributed by atoms with van der Waals surface area (Å²) in [6.45, 7) is 4.45. The first-order chi connectivity index (χ1) is 5.74. The number of aromatic nitrogens is 2. The van der Waals surface area contributed by atoms with Crippen LogP contribution in [0.1, 0.15) is 19.9 Å². The van der Waals surface area contributed by atoms with Crippen LogP contribution in [0.2, 0.25) is 0 Å². The molecule has 0 spiro atoms. The fourth-order valence-corrected chi connectivity index (χ4v) is 0.841. The molecular formula is C8H14N2O2. The second-order valence-corrected chi connectivity index (χ2v) is 2.82. The van der Waals surface area contributed by atoms with E-state index >= 15 is 0 Å². The van der Waals surface area contributed by atoms with Crippen LogP contribution in [0.5, 0.6) is 5.75 Å². The maximum atomic E-state index is 8.49. The summed E-state index contributed by atoms with van der Waals surface area (Å²) in [7, 11) is 0. The number of hydrogen-bond donors (Lipinski definition) is 1. The minimum atomic E-state index is 0.0346. The van der Waals surface area contributed by atoms with Gasteiger partial charge in [-0.15, -0.1) is 0 Å². The Labute approximate surface area is 71.8 Å². The second-order valence-electron chi connectivity index (χ2n) is 2.82. The van der Waals surface area contributed by atoms with E-state index < -0.39 is 0 Å². The van der Waals surface area contributed by atoms with Crippen molar-refractivity contribution in [2.75, 3.05) is 13.2 Å². The summed E-state index contributed by atoms with van der Waals surface area (Å²) < 4.78 is 6.96. The Bertz CT molecular complexity index is 233. The Morgan fingerprint density at radius 1 is 1.67 bits per heavy atom. The zero-order valence-electron chi connectivity index (χ0n) is 7.40. The van der Waals surface area contributed by atoms with Gasteiger partial charge >= 0.3 is 0 Å². The Kier molecular flexibility index (Phi) is 3.10. The lowest BCUT2D eigenvalue weighted by molar-refractivity contribution is 0.201. The summed E-state index contributed by atoms with van der Waals surface area (Å²) in [5, 5.41) is 12.6. The molecule has 1 aromatic rings. The maximum absolute atomic E-state index is 8.49. The monoisotopic (exact) mass is 170 g/mol. The van der Waals surface area contributed by atoms with Gasteiger partial charge in [0.1, 0.15) is 6.61 Å². The first kappa shape index (κ1) is 9.06. The summed E-state index contributed by atoms with van der Waals surface area (Å²) in [4.78, 5) is 0. The zero-order chi connectivity index (χ0) is 8.97. The lowest BCUT2D eigenvalue weighted by Crippen LogP contribution is -2.01. The molecule has 4 heteroatoms. The summed E-state index contributed by atoms with van der Waals surface area (Å²) >= 11 is 0. The van der Waals surface area contributed by atoms with Crippen molar-refractivity contribution in [3.63, 3.8) is 0 Å². The molecule has 0 aliphatic rings. The molecule has 4 nitrogen and oxygen atoms in total. The van der Waals surface area contributed by atoms with E-state index in [4.69, 9.17) is 9.84 Å². The van der Waals surface area contributed by atoms with Crippen molar-refractivity contribution in [3.05, 3.63) is 12.4 Å². The minimum absolute atomic E-state index is 0.0346. The molecule has 0 saturated carbocycles. The predicted octanol–water partition coefficient (Wildman–Crippen LogP) is 0.835. The molecule has 1 rings (SSSR count). The van der Waals surface area contributed by atoms with Gasteiger partial charge in [0.05, 0.1) is 19.0 Å². The molecule has 1 N–H and O–H groups in total. The molecule has 0 unspecified atom stereocenters. The van der Waals surface area contributed by atoms with Crippen molar-refractivity contribution in [2.24, 2.45) is 0 Å². The molecule has 0 radical (unpaired) electrons. The third kappa shape index (κ3) is 2.23. The normalized spacial score (nSPS) is 10.7. The molecule has 0 saturated heterocycles. The van der Waals surface area contributed by atoms with Crippen LogP contribution in [0.15, 0.2) is 12.4 Å². The van der Waals surface area contributed by atoms with Crippen molar-refractivity contribution < 1.29 is 9.84 Å². The van der Waals surface area contributed by atoms with E-state index in [-0.39, 0.29) is 6.61 Å². The Balaban J connectivity index is 2.52. The van der Waals surface area contributed by atoms with Crippen LogP contribution in [0.25, 0.3) is 0 Å². The highest BCUT2D eigenvalue weighted by molar-refractivity contribution is 5.11. The predicted molar refractivity (Wildman–Crippen MR) is 45.2 cm³/mol. The molecule has 0 atom stereocenters. The average Bonchev–Trinajstić information content (AvgIpc) is 2.48.